The van der Waals surface area contributed by atoms with Crippen molar-refractivity contribution < 1.29 is 4.39 Å². The van der Waals surface area contributed by atoms with Crippen LogP contribution in [0.5, 0.6) is 0 Å². The molecule has 1 aromatic carbocycles. The highest BCUT2D eigenvalue weighted by Gasteiger charge is 2.22. The predicted molar refractivity (Wildman–Crippen MR) is 68.8 cm³/mol. The predicted octanol–water partition coefficient (Wildman–Crippen LogP) is 3.17. The van der Waals surface area contributed by atoms with Crippen LogP contribution in [0.25, 0.3) is 11.1 Å². The molecule has 0 radical (unpaired) electrons. The number of halogens is 1. The van der Waals surface area contributed by atoms with E-state index < -0.39 is 0 Å². The van der Waals surface area contributed by atoms with E-state index in [2.05, 4.69) is 15.3 Å². The maximum absolute atomic E-state index is 12.9. The molecule has 4 heteroatoms. The Morgan fingerprint density at radius 2 is 1.94 bits per heavy atom. The number of aromatic nitrogens is 2. The van der Waals surface area contributed by atoms with Gasteiger partial charge in [-0.15, -0.1) is 0 Å². The smallest absolute Gasteiger partial charge is 0.223 e. The lowest BCUT2D eigenvalue weighted by atomic mass is 10.1. The van der Waals surface area contributed by atoms with E-state index in [1.807, 2.05) is 6.92 Å². The summed E-state index contributed by atoms with van der Waals surface area (Å²) in [7, 11) is 0. The number of nitrogens with zero attached hydrogens (tertiary/aromatic N) is 2. The largest absolute Gasteiger partial charge is 0.351 e. The van der Waals surface area contributed by atoms with Gasteiger partial charge < -0.3 is 5.32 Å². The van der Waals surface area contributed by atoms with Gasteiger partial charge in [0.05, 0.1) is 5.69 Å². The number of hydrogen-bond donors (Lipinski definition) is 1. The van der Waals surface area contributed by atoms with Crippen LogP contribution >= 0.6 is 0 Å². The van der Waals surface area contributed by atoms with Crippen molar-refractivity contribution in [1.82, 2.24) is 9.97 Å². The quantitative estimate of drug-likeness (QED) is 0.899. The second-order valence-corrected chi connectivity index (χ2v) is 4.62. The molecular weight excluding hydrogens is 229 g/mol. The first-order valence-electron chi connectivity index (χ1n) is 6.08. The molecule has 92 valence electrons. The van der Waals surface area contributed by atoms with Crippen LogP contribution < -0.4 is 5.32 Å². The summed E-state index contributed by atoms with van der Waals surface area (Å²) in [5.74, 6) is 0.449. The first-order valence-corrected chi connectivity index (χ1v) is 6.08. The number of nitrogens with one attached hydrogen (secondary N) is 1. The fourth-order valence-corrected chi connectivity index (χ4v) is 1.86. The van der Waals surface area contributed by atoms with Gasteiger partial charge in [-0.05, 0) is 37.5 Å². The minimum Gasteiger partial charge on any atom is -0.351 e. The minimum absolute atomic E-state index is 0.232. The average molecular weight is 243 g/mol. The summed E-state index contributed by atoms with van der Waals surface area (Å²) in [6.45, 7) is 1.94. The third kappa shape index (κ3) is 2.32. The van der Waals surface area contributed by atoms with Gasteiger partial charge in [0.15, 0.2) is 0 Å². The summed E-state index contributed by atoms with van der Waals surface area (Å²) in [6.07, 6.45) is 4.19. The molecule has 1 aromatic heterocycles. The van der Waals surface area contributed by atoms with Crippen LogP contribution in [0.1, 0.15) is 18.5 Å². The second kappa shape index (κ2) is 4.37. The molecule has 0 atom stereocenters. The summed E-state index contributed by atoms with van der Waals surface area (Å²) in [5, 5.41) is 3.26. The molecule has 1 N–H and O–H groups in total. The SMILES string of the molecule is Cc1nc(NC2CC2)ncc1-c1ccc(F)cc1. The van der Waals surface area contributed by atoms with Crippen molar-refractivity contribution in [3.05, 3.63) is 42.0 Å². The first-order chi connectivity index (χ1) is 8.72. The second-order valence-electron chi connectivity index (χ2n) is 4.62. The molecule has 1 aliphatic carbocycles. The Balaban J connectivity index is 1.89. The van der Waals surface area contributed by atoms with Crippen molar-refractivity contribution in [1.29, 1.82) is 0 Å². The van der Waals surface area contributed by atoms with Gasteiger partial charge >= 0.3 is 0 Å². The van der Waals surface area contributed by atoms with Crippen molar-refractivity contribution in [3.63, 3.8) is 0 Å². The number of rotatable bonds is 3. The number of hydrogen-bond acceptors (Lipinski definition) is 3. The highest BCUT2D eigenvalue weighted by Crippen LogP contribution is 2.25. The molecule has 0 aliphatic heterocycles. The van der Waals surface area contributed by atoms with E-state index in [1.165, 1.54) is 25.0 Å². The maximum Gasteiger partial charge on any atom is 0.223 e. The highest BCUT2D eigenvalue weighted by atomic mass is 19.1. The molecule has 0 amide bonds. The van der Waals surface area contributed by atoms with E-state index in [-0.39, 0.29) is 5.82 Å². The van der Waals surface area contributed by atoms with E-state index in [1.54, 1.807) is 18.3 Å². The Hall–Kier alpha value is -1.97. The number of anilines is 1. The topological polar surface area (TPSA) is 37.8 Å². The standard InChI is InChI=1S/C14H14FN3/c1-9-13(10-2-4-11(15)5-3-10)8-16-14(17-9)18-12-6-7-12/h2-5,8,12H,6-7H2,1H3,(H,16,17,18). The molecule has 1 fully saturated rings. The molecule has 0 bridgehead atoms. The first kappa shape index (κ1) is 11.1. The summed E-state index contributed by atoms with van der Waals surface area (Å²) >= 11 is 0. The lowest BCUT2D eigenvalue weighted by Gasteiger charge is -2.08. The Morgan fingerprint density at radius 3 is 2.56 bits per heavy atom. The molecule has 3 rings (SSSR count). The van der Waals surface area contributed by atoms with E-state index in [0.717, 1.165) is 16.8 Å². The van der Waals surface area contributed by atoms with Crippen LogP contribution in [-0.2, 0) is 0 Å². The van der Waals surface area contributed by atoms with Crippen molar-refractivity contribution in [3.8, 4) is 11.1 Å². The third-order valence-electron chi connectivity index (χ3n) is 3.05. The fourth-order valence-electron chi connectivity index (χ4n) is 1.86. The van der Waals surface area contributed by atoms with Crippen LogP contribution in [0.3, 0.4) is 0 Å². The molecule has 0 spiro atoms. The van der Waals surface area contributed by atoms with Gasteiger partial charge in [0, 0.05) is 17.8 Å². The minimum atomic E-state index is -0.232. The maximum atomic E-state index is 12.9. The van der Waals surface area contributed by atoms with Gasteiger partial charge in [-0.3, -0.25) is 0 Å². The van der Waals surface area contributed by atoms with Crippen molar-refractivity contribution in [2.24, 2.45) is 0 Å². The molecule has 1 saturated carbocycles. The van der Waals surface area contributed by atoms with Crippen molar-refractivity contribution in [2.45, 2.75) is 25.8 Å². The third-order valence-corrected chi connectivity index (χ3v) is 3.05. The number of benzene rings is 1. The van der Waals surface area contributed by atoms with Gasteiger partial charge in [-0.2, -0.15) is 0 Å². The normalized spacial score (nSPS) is 14.6. The molecule has 1 heterocycles. The zero-order valence-electron chi connectivity index (χ0n) is 10.2. The molecule has 3 nitrogen and oxygen atoms in total. The molecule has 0 saturated heterocycles. The monoisotopic (exact) mass is 243 g/mol. The Bertz CT molecular complexity index is 562. The van der Waals surface area contributed by atoms with E-state index in [9.17, 15) is 4.39 Å². The van der Waals surface area contributed by atoms with Gasteiger partial charge in [-0.1, -0.05) is 12.1 Å². The summed E-state index contributed by atoms with van der Waals surface area (Å²) in [5.41, 5.74) is 2.78. The van der Waals surface area contributed by atoms with Crippen LogP contribution in [0.15, 0.2) is 30.5 Å². The zero-order chi connectivity index (χ0) is 12.5. The van der Waals surface area contributed by atoms with Gasteiger partial charge in [0.25, 0.3) is 0 Å². The van der Waals surface area contributed by atoms with Gasteiger partial charge in [0.1, 0.15) is 5.82 Å². The van der Waals surface area contributed by atoms with Crippen LogP contribution in [0.2, 0.25) is 0 Å². The highest BCUT2D eigenvalue weighted by molar-refractivity contribution is 5.65. The summed E-state index contributed by atoms with van der Waals surface area (Å²) in [4.78, 5) is 8.74. The van der Waals surface area contributed by atoms with Gasteiger partial charge in [-0.25, -0.2) is 14.4 Å². The van der Waals surface area contributed by atoms with Crippen LogP contribution in [0.4, 0.5) is 10.3 Å². The van der Waals surface area contributed by atoms with E-state index in [4.69, 9.17) is 0 Å². The summed E-state index contributed by atoms with van der Waals surface area (Å²) < 4.78 is 12.9. The molecule has 1 aliphatic rings. The zero-order valence-corrected chi connectivity index (χ0v) is 10.2. The van der Waals surface area contributed by atoms with E-state index >= 15 is 0 Å². The fraction of sp³-hybridized carbons (Fsp3) is 0.286. The summed E-state index contributed by atoms with van der Waals surface area (Å²) in [6, 6.07) is 6.93. The molecule has 18 heavy (non-hydrogen) atoms. The Morgan fingerprint density at radius 1 is 1.22 bits per heavy atom. The van der Waals surface area contributed by atoms with Crippen LogP contribution in [0, 0.1) is 12.7 Å². The van der Waals surface area contributed by atoms with E-state index in [0.29, 0.717) is 12.0 Å². The molecule has 0 unspecified atom stereocenters. The lowest BCUT2D eigenvalue weighted by Crippen LogP contribution is -2.06. The average Bonchev–Trinajstić information content (AvgIpc) is 3.15. The molecule has 2 aromatic rings. The lowest BCUT2D eigenvalue weighted by molar-refractivity contribution is 0.628. The Kier molecular flexibility index (Phi) is 2.70. The van der Waals surface area contributed by atoms with Gasteiger partial charge in [0.2, 0.25) is 5.95 Å². The molecular formula is C14H14FN3. The number of aryl methyl sites for hydroxylation is 1. The van der Waals surface area contributed by atoms with Crippen LogP contribution in [-0.4, -0.2) is 16.0 Å². The van der Waals surface area contributed by atoms with Crippen molar-refractivity contribution in [2.75, 3.05) is 5.32 Å². The Labute approximate surface area is 105 Å². The van der Waals surface area contributed by atoms with Crippen molar-refractivity contribution >= 4 is 5.95 Å².